The molecule has 0 aliphatic heterocycles. The van der Waals surface area contributed by atoms with Gasteiger partial charge in [-0.1, -0.05) is 45.0 Å². The highest BCUT2D eigenvalue weighted by Gasteiger charge is 2.46. The summed E-state index contributed by atoms with van der Waals surface area (Å²) in [5.74, 6) is 0. The van der Waals surface area contributed by atoms with Crippen LogP contribution in [0.15, 0.2) is 24.3 Å². The maximum absolute atomic E-state index is 10.8. The van der Waals surface area contributed by atoms with Crippen LogP contribution in [0, 0.1) is 5.41 Å². The second kappa shape index (κ2) is 4.67. The van der Waals surface area contributed by atoms with E-state index in [1.165, 1.54) is 11.1 Å². The van der Waals surface area contributed by atoms with Gasteiger partial charge in [0.1, 0.15) is 0 Å². The van der Waals surface area contributed by atoms with E-state index in [-0.39, 0.29) is 10.8 Å². The first-order valence-electron chi connectivity index (χ1n) is 6.88. The zero-order chi connectivity index (χ0) is 13.4. The van der Waals surface area contributed by atoms with E-state index in [0.717, 1.165) is 19.3 Å². The van der Waals surface area contributed by atoms with Crippen molar-refractivity contribution in [2.24, 2.45) is 11.1 Å². The molecule has 3 N–H and O–H groups in total. The molecular formula is C16H25NO. The van der Waals surface area contributed by atoms with Gasteiger partial charge in [-0.25, -0.2) is 0 Å². The van der Waals surface area contributed by atoms with Gasteiger partial charge in [0.05, 0.1) is 6.10 Å². The van der Waals surface area contributed by atoms with Crippen LogP contribution < -0.4 is 5.73 Å². The summed E-state index contributed by atoms with van der Waals surface area (Å²) in [6.45, 7) is 6.79. The van der Waals surface area contributed by atoms with Crippen molar-refractivity contribution >= 4 is 0 Å². The minimum Gasteiger partial charge on any atom is -0.392 e. The topological polar surface area (TPSA) is 46.2 Å². The van der Waals surface area contributed by atoms with Crippen molar-refractivity contribution in [3.63, 3.8) is 0 Å². The molecule has 2 rings (SSSR count). The predicted molar refractivity (Wildman–Crippen MR) is 75.6 cm³/mol. The molecule has 2 heteroatoms. The first-order valence-corrected chi connectivity index (χ1v) is 6.88. The number of nitrogens with two attached hydrogens (primary N) is 1. The van der Waals surface area contributed by atoms with Crippen LogP contribution in [0.3, 0.4) is 0 Å². The summed E-state index contributed by atoms with van der Waals surface area (Å²) in [5, 5.41) is 10.8. The number of aliphatic hydroxyl groups is 1. The Labute approximate surface area is 110 Å². The van der Waals surface area contributed by atoms with Crippen molar-refractivity contribution in [1.29, 1.82) is 0 Å². The van der Waals surface area contributed by atoms with Crippen LogP contribution in [0.1, 0.15) is 44.7 Å². The Morgan fingerprint density at radius 1 is 1.33 bits per heavy atom. The van der Waals surface area contributed by atoms with Crippen LogP contribution in [0.5, 0.6) is 0 Å². The van der Waals surface area contributed by atoms with Crippen molar-refractivity contribution in [3.8, 4) is 0 Å². The van der Waals surface area contributed by atoms with Crippen LogP contribution in [0.4, 0.5) is 0 Å². The maximum Gasteiger partial charge on any atom is 0.0697 e. The van der Waals surface area contributed by atoms with Crippen molar-refractivity contribution in [2.75, 3.05) is 6.54 Å². The van der Waals surface area contributed by atoms with Gasteiger partial charge in [0, 0.05) is 12.0 Å². The van der Waals surface area contributed by atoms with E-state index in [2.05, 4.69) is 45.0 Å². The molecule has 0 saturated heterocycles. The van der Waals surface area contributed by atoms with Crippen LogP contribution >= 0.6 is 0 Å². The molecule has 1 aromatic carbocycles. The molecule has 0 radical (unpaired) electrons. The average molecular weight is 247 g/mol. The molecule has 2 nitrogen and oxygen atoms in total. The molecule has 1 aliphatic rings. The summed E-state index contributed by atoms with van der Waals surface area (Å²) in [6, 6.07) is 8.46. The zero-order valence-electron chi connectivity index (χ0n) is 11.7. The smallest absolute Gasteiger partial charge is 0.0697 e. The van der Waals surface area contributed by atoms with E-state index in [9.17, 15) is 5.11 Å². The summed E-state index contributed by atoms with van der Waals surface area (Å²) in [5.41, 5.74) is 8.29. The highest BCUT2D eigenvalue weighted by molar-refractivity contribution is 5.39. The second-order valence-electron chi connectivity index (χ2n) is 6.64. The summed E-state index contributed by atoms with van der Waals surface area (Å²) in [7, 11) is 0. The standard InChI is InChI=1S/C16H25NO/c1-15(2,3)14(18)16(11-17)10-6-8-12-7-4-5-9-13(12)16/h4-5,7,9,14,18H,6,8,10-11,17H2,1-3H3. The fraction of sp³-hybridized carbons (Fsp3) is 0.625. The monoisotopic (exact) mass is 247 g/mol. The normalized spacial score (nSPS) is 25.6. The highest BCUT2D eigenvalue weighted by atomic mass is 16.3. The number of aryl methyl sites for hydroxylation is 1. The molecule has 1 aliphatic carbocycles. The average Bonchev–Trinajstić information content (AvgIpc) is 2.36. The third kappa shape index (κ3) is 2.08. The molecule has 1 aromatic rings. The summed E-state index contributed by atoms with van der Waals surface area (Å²) in [6.07, 6.45) is 2.80. The van der Waals surface area contributed by atoms with E-state index in [4.69, 9.17) is 5.73 Å². The molecular weight excluding hydrogens is 222 g/mol. The first-order chi connectivity index (χ1) is 8.42. The van der Waals surface area contributed by atoms with E-state index in [0.29, 0.717) is 6.54 Å². The zero-order valence-corrected chi connectivity index (χ0v) is 11.7. The molecule has 0 bridgehead atoms. The molecule has 100 valence electrons. The summed E-state index contributed by atoms with van der Waals surface area (Å²) >= 11 is 0. The Kier molecular flexibility index (Phi) is 3.52. The highest BCUT2D eigenvalue weighted by Crippen LogP contribution is 2.44. The van der Waals surface area contributed by atoms with Gasteiger partial charge in [0.2, 0.25) is 0 Å². The van der Waals surface area contributed by atoms with Crippen molar-refractivity contribution in [3.05, 3.63) is 35.4 Å². The van der Waals surface area contributed by atoms with Gasteiger partial charge in [0.25, 0.3) is 0 Å². The van der Waals surface area contributed by atoms with E-state index in [1.807, 2.05) is 0 Å². The van der Waals surface area contributed by atoms with E-state index >= 15 is 0 Å². The fourth-order valence-corrected chi connectivity index (χ4v) is 3.39. The largest absolute Gasteiger partial charge is 0.392 e. The van der Waals surface area contributed by atoms with Gasteiger partial charge in [-0.05, 0) is 35.8 Å². The van der Waals surface area contributed by atoms with Gasteiger partial charge in [-0.3, -0.25) is 0 Å². The molecule has 2 unspecified atom stereocenters. The lowest BCUT2D eigenvalue weighted by Crippen LogP contribution is -2.53. The minimum atomic E-state index is -0.406. The van der Waals surface area contributed by atoms with Crippen LogP contribution in [0.2, 0.25) is 0 Å². The van der Waals surface area contributed by atoms with Crippen LogP contribution in [-0.4, -0.2) is 17.8 Å². The Morgan fingerprint density at radius 3 is 2.61 bits per heavy atom. The van der Waals surface area contributed by atoms with E-state index in [1.54, 1.807) is 0 Å². The number of benzene rings is 1. The fourth-order valence-electron chi connectivity index (χ4n) is 3.39. The van der Waals surface area contributed by atoms with E-state index < -0.39 is 6.10 Å². The molecule has 0 amide bonds. The Balaban J connectivity index is 2.52. The van der Waals surface area contributed by atoms with Crippen LogP contribution in [0.25, 0.3) is 0 Å². The second-order valence-corrected chi connectivity index (χ2v) is 6.64. The maximum atomic E-state index is 10.8. The molecule has 2 atom stereocenters. The number of hydrogen-bond acceptors (Lipinski definition) is 2. The van der Waals surface area contributed by atoms with Gasteiger partial charge >= 0.3 is 0 Å². The first kappa shape index (κ1) is 13.6. The molecule has 18 heavy (non-hydrogen) atoms. The number of hydrogen-bond donors (Lipinski definition) is 2. The Morgan fingerprint density at radius 2 is 2.00 bits per heavy atom. The van der Waals surface area contributed by atoms with Crippen molar-refractivity contribution < 1.29 is 5.11 Å². The molecule has 0 heterocycles. The predicted octanol–water partition coefficient (Wildman–Crippen LogP) is 2.63. The summed E-state index contributed by atoms with van der Waals surface area (Å²) < 4.78 is 0. The lowest BCUT2D eigenvalue weighted by Gasteiger charge is -2.47. The Bertz CT molecular complexity index is 421. The quantitative estimate of drug-likeness (QED) is 0.844. The van der Waals surface area contributed by atoms with Gasteiger partial charge in [-0.15, -0.1) is 0 Å². The van der Waals surface area contributed by atoms with Crippen molar-refractivity contribution in [1.82, 2.24) is 0 Å². The molecule has 0 aromatic heterocycles. The van der Waals surface area contributed by atoms with Crippen molar-refractivity contribution in [2.45, 2.75) is 51.6 Å². The number of rotatable bonds is 2. The lowest BCUT2D eigenvalue weighted by molar-refractivity contribution is -0.0129. The minimum absolute atomic E-state index is 0.149. The van der Waals surface area contributed by atoms with Gasteiger partial charge < -0.3 is 10.8 Å². The van der Waals surface area contributed by atoms with Crippen LogP contribution in [-0.2, 0) is 11.8 Å². The lowest BCUT2D eigenvalue weighted by atomic mass is 9.61. The molecule has 0 spiro atoms. The number of fused-ring (bicyclic) bond motifs is 1. The van der Waals surface area contributed by atoms with Gasteiger partial charge in [-0.2, -0.15) is 0 Å². The Hall–Kier alpha value is -0.860. The summed E-state index contributed by atoms with van der Waals surface area (Å²) in [4.78, 5) is 0. The third-order valence-electron chi connectivity index (χ3n) is 4.33. The SMILES string of the molecule is CC(C)(C)C(O)C1(CN)CCCc2ccccc21. The van der Waals surface area contributed by atoms with Gasteiger partial charge in [0.15, 0.2) is 0 Å². The third-order valence-corrected chi connectivity index (χ3v) is 4.33. The molecule has 0 fully saturated rings. The molecule has 0 saturated carbocycles. The number of aliphatic hydroxyl groups excluding tert-OH is 1.